The van der Waals surface area contributed by atoms with E-state index in [0.29, 0.717) is 5.02 Å². The number of hydrogen-bond acceptors (Lipinski definition) is 4. The summed E-state index contributed by atoms with van der Waals surface area (Å²) in [5.74, 6) is 0.800. The molecule has 1 heterocycles. The highest BCUT2D eigenvalue weighted by Gasteiger charge is 2.12. The molecule has 0 spiro atoms. The van der Waals surface area contributed by atoms with Crippen molar-refractivity contribution in [3.63, 3.8) is 0 Å². The summed E-state index contributed by atoms with van der Waals surface area (Å²) in [6.07, 6.45) is 1.69. The Balaban J connectivity index is 0.000000399. The standard InChI is InChI=1S/C17H11Cl2O.ClHO4/c18-15-5-1-12(2-6-15)14-9-10-20-17(11-14)13-3-7-16(19)8-4-13;2-1(3,4)5/h1-11H;(H,2,3,4,5)/q+1;/p-1. The maximum absolute atomic E-state index is 8.49. The van der Waals surface area contributed by atoms with Crippen molar-refractivity contribution in [3.8, 4) is 22.5 Å². The van der Waals surface area contributed by atoms with E-state index >= 15 is 0 Å². The van der Waals surface area contributed by atoms with Crippen molar-refractivity contribution >= 4 is 23.2 Å². The summed E-state index contributed by atoms with van der Waals surface area (Å²) < 4.78 is 39.5. The number of hydrogen-bond donors (Lipinski definition) is 0. The van der Waals surface area contributed by atoms with Gasteiger partial charge in [0, 0.05) is 16.1 Å². The molecule has 0 aliphatic carbocycles. The second-order valence-corrected chi connectivity index (χ2v) is 6.41. The topological polar surface area (TPSA) is 104 Å². The van der Waals surface area contributed by atoms with Gasteiger partial charge in [-0.25, -0.2) is 23.1 Å². The molecule has 0 saturated heterocycles. The second-order valence-electron chi connectivity index (χ2n) is 4.78. The molecule has 0 amide bonds. The molecule has 130 valence electrons. The average Bonchev–Trinajstić information content (AvgIpc) is 2.55. The molecule has 0 fully saturated rings. The van der Waals surface area contributed by atoms with Gasteiger partial charge in [0.1, 0.15) is 0 Å². The zero-order valence-electron chi connectivity index (χ0n) is 12.5. The summed E-state index contributed by atoms with van der Waals surface area (Å²) in [4.78, 5) is 0. The highest BCUT2D eigenvalue weighted by molar-refractivity contribution is 6.30. The van der Waals surface area contributed by atoms with E-state index < -0.39 is 10.2 Å². The van der Waals surface area contributed by atoms with Crippen LogP contribution in [0.5, 0.6) is 0 Å². The van der Waals surface area contributed by atoms with Crippen molar-refractivity contribution in [2.24, 2.45) is 0 Å². The lowest BCUT2D eigenvalue weighted by atomic mass is 10.0. The van der Waals surface area contributed by atoms with E-state index in [1.54, 1.807) is 6.26 Å². The van der Waals surface area contributed by atoms with Crippen LogP contribution in [0, 0.1) is 10.2 Å². The van der Waals surface area contributed by atoms with Crippen molar-refractivity contribution in [3.05, 3.63) is 77.0 Å². The van der Waals surface area contributed by atoms with E-state index in [1.165, 1.54) is 0 Å². The quantitative estimate of drug-likeness (QED) is 0.605. The minimum absolute atomic E-state index is 0.711. The van der Waals surface area contributed by atoms with E-state index in [0.717, 1.165) is 27.5 Å². The lowest BCUT2D eigenvalue weighted by molar-refractivity contribution is -2.00. The van der Waals surface area contributed by atoms with Gasteiger partial charge in [-0.3, -0.25) is 0 Å². The Hall–Kier alpha value is -1.70. The fourth-order valence-electron chi connectivity index (χ4n) is 1.99. The van der Waals surface area contributed by atoms with Crippen LogP contribution < -0.4 is 18.6 Å². The van der Waals surface area contributed by atoms with Crippen molar-refractivity contribution in [1.82, 2.24) is 0 Å². The molecule has 5 nitrogen and oxygen atoms in total. The summed E-state index contributed by atoms with van der Waals surface area (Å²) in [6.45, 7) is 0. The van der Waals surface area contributed by atoms with Gasteiger partial charge in [-0.05, 0) is 47.5 Å². The van der Waals surface area contributed by atoms with Crippen LogP contribution >= 0.6 is 23.2 Å². The molecule has 0 saturated carbocycles. The molecule has 0 aliphatic rings. The van der Waals surface area contributed by atoms with Gasteiger partial charge in [-0.1, -0.05) is 35.3 Å². The summed E-state index contributed by atoms with van der Waals surface area (Å²) in [7, 11) is -4.94. The molecule has 8 heteroatoms. The van der Waals surface area contributed by atoms with Crippen molar-refractivity contribution in [1.29, 1.82) is 0 Å². The van der Waals surface area contributed by atoms with Crippen LogP contribution in [0.1, 0.15) is 0 Å². The largest absolute Gasteiger partial charge is 0.360 e. The van der Waals surface area contributed by atoms with Gasteiger partial charge in [-0.2, -0.15) is 0 Å². The maximum Gasteiger partial charge on any atom is 0.360 e. The predicted molar refractivity (Wildman–Crippen MR) is 84.0 cm³/mol. The first-order valence-corrected chi connectivity index (χ1v) is 8.77. The van der Waals surface area contributed by atoms with Crippen molar-refractivity contribution in [2.45, 2.75) is 0 Å². The fourth-order valence-corrected chi connectivity index (χ4v) is 2.24. The first-order valence-electron chi connectivity index (χ1n) is 6.78. The summed E-state index contributed by atoms with van der Waals surface area (Å²) >= 11 is 11.8. The normalized spacial score (nSPS) is 10.8. The van der Waals surface area contributed by atoms with Crippen molar-refractivity contribution < 1.29 is 33.3 Å². The van der Waals surface area contributed by atoms with Gasteiger partial charge in [0.2, 0.25) is 0 Å². The Bertz CT molecular complexity index is 748. The van der Waals surface area contributed by atoms with Crippen LogP contribution in [-0.2, 0) is 0 Å². The molecule has 3 rings (SSSR count). The Kier molecular flexibility index (Phi) is 6.75. The monoisotopic (exact) mass is 400 g/mol. The first-order chi connectivity index (χ1) is 11.7. The lowest BCUT2D eigenvalue weighted by Gasteiger charge is -2.17. The third-order valence-electron chi connectivity index (χ3n) is 3.04. The highest BCUT2D eigenvalue weighted by Crippen LogP contribution is 2.27. The van der Waals surface area contributed by atoms with E-state index in [9.17, 15) is 0 Å². The maximum atomic E-state index is 8.49. The Morgan fingerprint density at radius 1 is 0.640 bits per heavy atom. The number of rotatable bonds is 2. The number of benzene rings is 2. The molecule has 2 aromatic carbocycles. The van der Waals surface area contributed by atoms with Crippen LogP contribution in [0.3, 0.4) is 0 Å². The van der Waals surface area contributed by atoms with Crippen LogP contribution in [0.4, 0.5) is 0 Å². The summed E-state index contributed by atoms with van der Waals surface area (Å²) in [5, 5.41) is 1.44. The van der Waals surface area contributed by atoms with E-state index in [4.69, 9.17) is 46.3 Å². The first kappa shape index (κ1) is 19.6. The zero-order valence-corrected chi connectivity index (χ0v) is 14.8. The van der Waals surface area contributed by atoms with Crippen LogP contribution in [0.25, 0.3) is 22.5 Å². The van der Waals surface area contributed by atoms with Crippen LogP contribution in [-0.4, -0.2) is 0 Å². The highest BCUT2D eigenvalue weighted by atomic mass is 35.7. The third-order valence-corrected chi connectivity index (χ3v) is 3.54. The minimum atomic E-state index is -4.94. The van der Waals surface area contributed by atoms with E-state index in [1.807, 2.05) is 60.7 Å². The van der Waals surface area contributed by atoms with Gasteiger partial charge < -0.3 is 0 Å². The number of halogens is 3. The SMILES string of the molecule is Clc1ccc(-c2cc[o+]c(-c3ccc(Cl)cc3)c2)cc1.[O-][Cl+3]([O-])([O-])[O-]. The molecule has 0 radical (unpaired) electrons. The lowest BCUT2D eigenvalue weighted by Crippen LogP contribution is -2.68. The van der Waals surface area contributed by atoms with Crippen molar-refractivity contribution in [2.75, 3.05) is 0 Å². The predicted octanol–water partition coefficient (Wildman–Crippen LogP) is 1.45. The van der Waals surface area contributed by atoms with E-state index in [-0.39, 0.29) is 0 Å². The average molecular weight is 402 g/mol. The molecular weight excluding hydrogens is 391 g/mol. The summed E-state index contributed by atoms with van der Waals surface area (Å²) in [5.41, 5.74) is 3.17. The Morgan fingerprint density at radius 2 is 1.08 bits per heavy atom. The molecule has 3 aromatic rings. The molecule has 0 unspecified atom stereocenters. The minimum Gasteiger partial charge on any atom is -0.222 e. The van der Waals surface area contributed by atoms with Gasteiger partial charge in [0.05, 0.1) is 11.6 Å². The molecule has 25 heavy (non-hydrogen) atoms. The molecule has 1 aromatic heterocycles. The van der Waals surface area contributed by atoms with Gasteiger partial charge in [0.15, 0.2) is 0 Å². The molecule has 0 N–H and O–H groups in total. The van der Waals surface area contributed by atoms with Crippen LogP contribution in [0.15, 0.2) is 71.3 Å². The molecule has 0 aliphatic heterocycles. The molecule has 0 atom stereocenters. The Labute approximate surface area is 156 Å². The third kappa shape index (κ3) is 6.97. The Morgan fingerprint density at radius 3 is 1.56 bits per heavy atom. The molecule has 0 bridgehead atoms. The fraction of sp³-hybridized carbons (Fsp3) is 0. The van der Waals surface area contributed by atoms with Gasteiger partial charge >= 0.3 is 12.0 Å². The molecular formula is C17H11Cl3O5. The van der Waals surface area contributed by atoms with E-state index in [2.05, 4.69) is 0 Å². The summed E-state index contributed by atoms with van der Waals surface area (Å²) in [6, 6.07) is 19.2. The smallest absolute Gasteiger partial charge is 0.222 e. The zero-order chi connectivity index (χ0) is 18.4. The van der Waals surface area contributed by atoms with Crippen LogP contribution in [0.2, 0.25) is 10.0 Å². The second kappa shape index (κ2) is 8.60. The van der Waals surface area contributed by atoms with Gasteiger partial charge in [-0.15, -0.1) is 10.2 Å². The van der Waals surface area contributed by atoms with Gasteiger partial charge in [0.25, 0.3) is 0 Å².